The van der Waals surface area contributed by atoms with E-state index in [4.69, 9.17) is 16.1 Å². The molecule has 0 bridgehead atoms. The molecule has 2 aromatic carbocycles. The molecule has 1 aromatic heterocycles. The lowest BCUT2D eigenvalue weighted by molar-refractivity contribution is -0.136. The molecule has 2 unspecified atom stereocenters. The molecule has 0 amide bonds. The predicted octanol–water partition coefficient (Wildman–Crippen LogP) is 4.43. The van der Waals surface area contributed by atoms with Crippen LogP contribution in [0, 0.1) is 6.92 Å². The van der Waals surface area contributed by atoms with Crippen molar-refractivity contribution in [3.8, 4) is 11.3 Å². The van der Waals surface area contributed by atoms with Gasteiger partial charge < -0.3 is 9.63 Å². The fourth-order valence-corrected chi connectivity index (χ4v) is 4.29. The summed E-state index contributed by atoms with van der Waals surface area (Å²) in [7, 11) is -1.78. The Bertz CT molecular complexity index is 965. The van der Waals surface area contributed by atoms with E-state index >= 15 is 0 Å². The van der Waals surface area contributed by atoms with Crippen LogP contribution in [0.5, 0.6) is 0 Å². The number of aromatic nitrogens is 1. The number of aryl methyl sites for hydroxylation is 1. The average molecular weight is 378 g/mol. The molecule has 1 N–H and O–H groups in total. The molecule has 0 radical (unpaired) electrons. The van der Waals surface area contributed by atoms with Gasteiger partial charge in [0.2, 0.25) is 0 Å². The smallest absolute Gasteiger partial charge is 0.319 e. The van der Waals surface area contributed by atoms with E-state index in [1.807, 2.05) is 31.2 Å². The van der Waals surface area contributed by atoms with Gasteiger partial charge in [-0.25, -0.2) is 0 Å². The molecule has 130 valence electrons. The zero-order chi connectivity index (χ0) is 18.1. The van der Waals surface area contributed by atoms with Crippen molar-refractivity contribution < 1.29 is 18.6 Å². The first-order valence-corrected chi connectivity index (χ1v) is 9.31. The van der Waals surface area contributed by atoms with Crippen molar-refractivity contribution in [1.29, 1.82) is 0 Å². The first-order valence-electron chi connectivity index (χ1n) is 7.72. The molecule has 0 saturated carbocycles. The lowest BCUT2D eigenvalue weighted by atomic mass is 10.1. The highest BCUT2D eigenvalue weighted by Crippen LogP contribution is 2.36. The summed E-state index contributed by atoms with van der Waals surface area (Å²) in [4.78, 5) is 11.5. The maximum atomic E-state index is 12.6. The molecule has 0 spiro atoms. The summed E-state index contributed by atoms with van der Waals surface area (Å²) in [6.07, 6.45) is 0.237. The van der Waals surface area contributed by atoms with Gasteiger partial charge in [0.05, 0.1) is 21.1 Å². The number of carboxylic acids is 1. The Morgan fingerprint density at radius 1 is 1.28 bits per heavy atom. The Morgan fingerprint density at radius 2 is 1.96 bits per heavy atom. The van der Waals surface area contributed by atoms with E-state index < -0.39 is 22.0 Å². The number of nitrogens with zero attached hydrogens (tertiary/aromatic N) is 1. The standard InChI is InChI=1S/C18H16ClNO4S/c1-3-13(18(21)22)25(23)14-9-8-12-16(20-24-17(12)15(14)19)11-6-4-10(2)5-7-11/h4-9,13H,3H2,1-2H3,(H,21,22). The largest absolute Gasteiger partial charge is 0.480 e. The molecule has 1 heterocycles. The van der Waals surface area contributed by atoms with Crippen LogP contribution in [0.1, 0.15) is 18.9 Å². The fraction of sp³-hybridized carbons (Fsp3) is 0.222. The van der Waals surface area contributed by atoms with Crippen molar-refractivity contribution in [2.75, 3.05) is 0 Å². The number of aliphatic carboxylic acids is 1. The molecule has 7 heteroatoms. The van der Waals surface area contributed by atoms with E-state index in [2.05, 4.69) is 5.16 Å². The quantitative estimate of drug-likeness (QED) is 0.711. The van der Waals surface area contributed by atoms with Gasteiger partial charge in [-0.2, -0.15) is 0 Å². The molecule has 0 aliphatic rings. The van der Waals surface area contributed by atoms with Crippen molar-refractivity contribution in [2.45, 2.75) is 30.4 Å². The molecule has 25 heavy (non-hydrogen) atoms. The van der Waals surface area contributed by atoms with Crippen LogP contribution in [0.2, 0.25) is 5.02 Å². The van der Waals surface area contributed by atoms with Crippen molar-refractivity contribution in [3.63, 3.8) is 0 Å². The van der Waals surface area contributed by atoms with E-state index in [9.17, 15) is 14.1 Å². The van der Waals surface area contributed by atoms with E-state index in [1.54, 1.807) is 19.1 Å². The number of rotatable bonds is 5. The summed E-state index contributed by atoms with van der Waals surface area (Å²) in [6.45, 7) is 3.67. The number of hydrogen-bond donors (Lipinski definition) is 1. The lowest BCUT2D eigenvalue weighted by Crippen LogP contribution is -2.24. The van der Waals surface area contributed by atoms with Gasteiger partial charge >= 0.3 is 5.97 Å². The van der Waals surface area contributed by atoms with Gasteiger partial charge in [-0.3, -0.25) is 9.00 Å². The highest BCUT2D eigenvalue weighted by molar-refractivity contribution is 7.86. The highest BCUT2D eigenvalue weighted by atomic mass is 35.5. The Morgan fingerprint density at radius 3 is 2.56 bits per heavy atom. The number of benzene rings is 2. The van der Waals surface area contributed by atoms with Crippen LogP contribution in [0.15, 0.2) is 45.8 Å². The molecule has 5 nitrogen and oxygen atoms in total. The molecular weight excluding hydrogens is 362 g/mol. The molecule has 2 atom stereocenters. The van der Waals surface area contributed by atoms with Gasteiger partial charge in [0.15, 0.2) is 5.58 Å². The van der Waals surface area contributed by atoms with Crippen molar-refractivity contribution >= 4 is 39.3 Å². The topological polar surface area (TPSA) is 80.4 Å². The molecule has 0 aliphatic heterocycles. The second kappa shape index (κ2) is 6.98. The number of fused-ring (bicyclic) bond motifs is 1. The van der Waals surface area contributed by atoms with Crippen molar-refractivity contribution in [1.82, 2.24) is 5.16 Å². The molecule has 3 aromatic rings. The van der Waals surface area contributed by atoms with Crippen LogP contribution in [0.25, 0.3) is 22.2 Å². The Balaban J connectivity index is 2.09. The van der Waals surface area contributed by atoms with Gasteiger partial charge in [0.1, 0.15) is 16.0 Å². The van der Waals surface area contributed by atoms with Crippen LogP contribution >= 0.6 is 11.6 Å². The maximum absolute atomic E-state index is 12.6. The van der Waals surface area contributed by atoms with Gasteiger partial charge in [-0.15, -0.1) is 0 Å². The molecule has 0 aliphatic carbocycles. The Kier molecular flexibility index (Phi) is 4.92. The fourth-order valence-electron chi connectivity index (χ4n) is 2.60. The zero-order valence-electron chi connectivity index (χ0n) is 13.7. The molecular formula is C18H16ClNO4S. The number of carboxylic acid groups (broad SMARTS) is 1. The second-order valence-corrected chi connectivity index (χ2v) is 7.67. The zero-order valence-corrected chi connectivity index (χ0v) is 15.2. The summed E-state index contributed by atoms with van der Waals surface area (Å²) in [6, 6.07) is 11.1. The minimum absolute atomic E-state index is 0.140. The number of carbonyl (C=O) groups is 1. The second-order valence-electron chi connectivity index (χ2n) is 5.68. The predicted molar refractivity (Wildman–Crippen MR) is 97.3 cm³/mol. The summed E-state index contributed by atoms with van der Waals surface area (Å²) in [5, 5.41) is 13.1. The summed E-state index contributed by atoms with van der Waals surface area (Å²) in [5.74, 6) is -1.12. The van der Waals surface area contributed by atoms with E-state index in [1.165, 1.54) is 0 Å². The van der Waals surface area contributed by atoms with Gasteiger partial charge in [0.25, 0.3) is 0 Å². The monoisotopic (exact) mass is 377 g/mol. The maximum Gasteiger partial charge on any atom is 0.319 e. The molecule has 0 fully saturated rings. The number of halogens is 1. The summed E-state index contributed by atoms with van der Waals surface area (Å²) >= 11 is 6.35. The van der Waals surface area contributed by atoms with Crippen LogP contribution in [-0.4, -0.2) is 25.7 Å². The highest BCUT2D eigenvalue weighted by Gasteiger charge is 2.27. The van der Waals surface area contributed by atoms with Crippen molar-refractivity contribution in [2.24, 2.45) is 0 Å². The number of hydrogen-bond acceptors (Lipinski definition) is 4. The van der Waals surface area contributed by atoms with E-state index in [0.29, 0.717) is 16.7 Å². The Labute approximate surface area is 152 Å². The third-order valence-electron chi connectivity index (χ3n) is 3.99. The molecule has 3 rings (SSSR count). The van der Waals surface area contributed by atoms with Crippen molar-refractivity contribution in [3.05, 3.63) is 47.0 Å². The van der Waals surface area contributed by atoms with Crippen LogP contribution in [-0.2, 0) is 15.6 Å². The average Bonchev–Trinajstić information content (AvgIpc) is 3.01. The third kappa shape index (κ3) is 3.19. The first-order chi connectivity index (χ1) is 11.9. The van der Waals surface area contributed by atoms with E-state index in [0.717, 1.165) is 11.1 Å². The van der Waals surface area contributed by atoms with Crippen LogP contribution < -0.4 is 0 Å². The lowest BCUT2D eigenvalue weighted by Gasteiger charge is -2.11. The van der Waals surface area contributed by atoms with Gasteiger partial charge in [0, 0.05) is 5.56 Å². The first kappa shape index (κ1) is 17.6. The Hall–Kier alpha value is -2.18. The van der Waals surface area contributed by atoms with E-state index in [-0.39, 0.29) is 16.3 Å². The third-order valence-corrected chi connectivity index (χ3v) is 6.30. The minimum atomic E-state index is -1.78. The summed E-state index contributed by atoms with van der Waals surface area (Å²) in [5.41, 5.74) is 2.96. The van der Waals surface area contributed by atoms with Gasteiger partial charge in [-0.05, 0) is 25.5 Å². The molecule has 0 saturated heterocycles. The SMILES string of the molecule is CCC(C(=O)O)S(=O)c1ccc2c(-c3ccc(C)cc3)noc2c1Cl. The van der Waals surface area contributed by atoms with Gasteiger partial charge in [-0.1, -0.05) is 53.5 Å². The normalized spacial score (nSPS) is 13.7. The minimum Gasteiger partial charge on any atom is -0.480 e. The van der Waals surface area contributed by atoms with Crippen LogP contribution in [0.3, 0.4) is 0 Å². The summed E-state index contributed by atoms with van der Waals surface area (Å²) < 4.78 is 17.9. The van der Waals surface area contributed by atoms with Crippen LogP contribution in [0.4, 0.5) is 0 Å².